The number of rotatable bonds is 19. The van der Waals surface area contributed by atoms with Crippen molar-refractivity contribution in [2.24, 2.45) is 0 Å². The second-order valence-electron chi connectivity index (χ2n) is 14.8. The van der Waals surface area contributed by atoms with Crippen LogP contribution in [0.25, 0.3) is 33.4 Å². The number of ketones is 1. The molecule has 1 fully saturated rings. The fourth-order valence-electron chi connectivity index (χ4n) is 7.31. The maximum absolute atomic E-state index is 13.2. The van der Waals surface area contributed by atoms with Crippen molar-refractivity contribution in [2.75, 3.05) is 36.1 Å². The molecule has 7 N–H and O–H groups in total. The highest BCUT2D eigenvalue weighted by Crippen LogP contribution is 2.46. The summed E-state index contributed by atoms with van der Waals surface area (Å²) in [5, 5.41) is 20.1. The van der Waals surface area contributed by atoms with Crippen molar-refractivity contribution in [3.05, 3.63) is 93.8 Å². The number of hydrogen-bond acceptors (Lipinski definition) is 19. The summed E-state index contributed by atoms with van der Waals surface area (Å²) in [4.78, 5) is 52.7. The van der Waals surface area contributed by atoms with Gasteiger partial charge in [-0.05, 0) is 48.4 Å². The van der Waals surface area contributed by atoms with Gasteiger partial charge in [-0.3, -0.25) is 19.6 Å². The van der Waals surface area contributed by atoms with Gasteiger partial charge in [-0.2, -0.15) is 4.98 Å². The molecule has 354 valence electrons. The zero-order chi connectivity index (χ0) is 48.8. The van der Waals surface area contributed by atoms with Gasteiger partial charge in [0.05, 0.1) is 41.0 Å². The lowest BCUT2D eigenvalue weighted by Crippen LogP contribution is -2.28. The van der Waals surface area contributed by atoms with Crippen LogP contribution >= 0.6 is 21.6 Å². The summed E-state index contributed by atoms with van der Waals surface area (Å²) in [7, 11) is -8.10. The minimum Gasteiger partial charge on any atom is -0.744 e. The maximum atomic E-state index is 13.2. The van der Waals surface area contributed by atoms with Gasteiger partial charge in [0, 0.05) is 72.0 Å². The van der Waals surface area contributed by atoms with Crippen molar-refractivity contribution >= 4 is 82.0 Å². The van der Waals surface area contributed by atoms with Gasteiger partial charge in [-0.15, -0.1) is 6.58 Å². The number of carboxylic acids is 1. The van der Waals surface area contributed by atoms with E-state index in [1.165, 1.54) is 50.6 Å². The number of Topliss-reactive ketones (excluding diaryl/α,β-unsaturated/α-hetero) is 1. The monoisotopic (exact) mass is 994 g/mol. The lowest BCUT2D eigenvalue weighted by atomic mass is 9.89. The van der Waals surface area contributed by atoms with E-state index in [1.54, 1.807) is 6.08 Å². The number of amides is 1. The predicted octanol–water partition coefficient (Wildman–Crippen LogP) is 4.08. The minimum atomic E-state index is -5.47. The second-order valence-corrected chi connectivity index (χ2v) is 20.1. The molecule has 0 spiro atoms. The number of nitrogen functional groups attached to an aromatic ring is 2. The third-order valence-electron chi connectivity index (χ3n) is 10.4. The number of nitrogens with one attached hydrogen (secondary N) is 2. The van der Waals surface area contributed by atoms with Crippen LogP contribution in [0.2, 0.25) is 0 Å². The Morgan fingerprint density at radius 2 is 1.78 bits per heavy atom. The number of carbonyl (C=O) groups is 3. The van der Waals surface area contributed by atoms with Crippen LogP contribution in [-0.4, -0.2) is 95.1 Å². The average molecular weight is 995 g/mol. The molecule has 0 bridgehead atoms. The molecule has 1 aromatic heterocycles. The van der Waals surface area contributed by atoms with Crippen LogP contribution in [-0.2, 0) is 34.5 Å². The first-order valence-electron chi connectivity index (χ1n) is 20.2. The molecule has 2 aliphatic heterocycles. The lowest BCUT2D eigenvalue weighted by molar-refractivity contribution is -0.118. The Hall–Kier alpha value is -6.04. The third-order valence-corrected chi connectivity index (χ3v) is 14.6. The molecule has 67 heavy (non-hydrogen) atoms. The standard InChI is InChI=1S/C43H44N6O14S4/c1-3-17-61-33-21-34(62-32(33)4-2)49-22-24(40(46)48-43(49)54)7-5-6-8-25(50)15-18-64-65-19-16-47-41(51)23-9-10-26(29(20-23)42(52)53)35-27-11-13-30(44)38(66(55,56)57)36(27)63-37-28(35)12-14-31(45)39(37)67(58,59)60/h3,9-14,20,22,32-34,44H,1,4,6,8,15-19,21,45H2,2H3,(H,47,51)(H,52,53)(H2,46,48,54)(H,55,56,57)(H,58,59,60)/p-2. The Morgan fingerprint density at radius 1 is 1.06 bits per heavy atom. The van der Waals surface area contributed by atoms with E-state index in [0.717, 1.165) is 24.3 Å². The Labute approximate surface area is 391 Å². The van der Waals surface area contributed by atoms with Gasteiger partial charge in [0.25, 0.3) is 5.91 Å². The summed E-state index contributed by atoms with van der Waals surface area (Å²) in [5.41, 5.74) is 8.95. The van der Waals surface area contributed by atoms with Crippen LogP contribution in [0.15, 0.2) is 80.3 Å². The molecule has 6 rings (SSSR count). The summed E-state index contributed by atoms with van der Waals surface area (Å²) >= 11 is 0. The topological polar surface area (TPSA) is 340 Å². The highest BCUT2D eigenvalue weighted by molar-refractivity contribution is 8.76. The molecule has 0 radical (unpaired) electrons. The van der Waals surface area contributed by atoms with Gasteiger partial charge in [-0.1, -0.05) is 52.5 Å². The van der Waals surface area contributed by atoms with Gasteiger partial charge in [-0.25, -0.2) is 26.4 Å². The van der Waals surface area contributed by atoms with E-state index in [4.69, 9.17) is 30.8 Å². The van der Waals surface area contributed by atoms with E-state index < -0.39 is 81.8 Å². The largest absolute Gasteiger partial charge is 0.744 e. The Kier molecular flexibility index (Phi) is 16.0. The fourth-order valence-corrected chi connectivity index (χ4v) is 10.7. The smallest absolute Gasteiger partial charge is 0.351 e. The summed E-state index contributed by atoms with van der Waals surface area (Å²) < 4.78 is 92.9. The summed E-state index contributed by atoms with van der Waals surface area (Å²) in [5.74, 6) is 3.61. The number of fused-ring (bicyclic) bond motifs is 2. The van der Waals surface area contributed by atoms with Gasteiger partial charge in [0.1, 0.15) is 47.9 Å². The summed E-state index contributed by atoms with van der Waals surface area (Å²) in [6, 6.07) is 7.86. The highest BCUT2D eigenvalue weighted by atomic mass is 33.1. The van der Waals surface area contributed by atoms with E-state index in [-0.39, 0.29) is 77.3 Å². The molecule has 1 amide bonds. The highest BCUT2D eigenvalue weighted by Gasteiger charge is 2.36. The van der Waals surface area contributed by atoms with E-state index in [9.17, 15) is 50.2 Å². The molecule has 3 aliphatic rings. The van der Waals surface area contributed by atoms with Crippen molar-refractivity contribution < 1.29 is 59.3 Å². The van der Waals surface area contributed by atoms with Crippen LogP contribution in [0.4, 0.5) is 11.5 Å². The number of anilines is 2. The number of aromatic carboxylic acids is 1. The molecule has 1 saturated heterocycles. The van der Waals surface area contributed by atoms with Crippen molar-refractivity contribution in [2.45, 2.75) is 67.3 Å². The van der Waals surface area contributed by atoms with Gasteiger partial charge < -0.3 is 44.9 Å². The van der Waals surface area contributed by atoms with E-state index in [0.29, 0.717) is 36.5 Å². The fraction of sp³-hybridized carbons (Fsp3) is 0.302. The summed E-state index contributed by atoms with van der Waals surface area (Å²) in [6.45, 7) is 6.13. The molecule has 1 aliphatic carbocycles. The Balaban J connectivity index is 1.05. The van der Waals surface area contributed by atoms with Gasteiger partial charge in [0.2, 0.25) is 0 Å². The van der Waals surface area contributed by atoms with E-state index in [1.807, 2.05) is 6.92 Å². The molecule has 3 atom stereocenters. The van der Waals surface area contributed by atoms with Crippen molar-refractivity contribution in [1.29, 1.82) is 5.41 Å². The first-order chi connectivity index (χ1) is 31.7. The normalized spacial score (nSPS) is 16.1. The molecule has 3 unspecified atom stereocenters. The molecule has 20 nitrogen and oxygen atoms in total. The molecule has 3 heterocycles. The van der Waals surface area contributed by atoms with Crippen LogP contribution in [0, 0.1) is 17.3 Å². The summed E-state index contributed by atoms with van der Waals surface area (Å²) in [6.07, 6.45) is 3.93. The number of hydrogen-bond donors (Lipinski definition) is 5. The van der Waals surface area contributed by atoms with Crippen molar-refractivity contribution in [1.82, 2.24) is 14.9 Å². The molecular formula is C43H42N6O14S4-2. The van der Waals surface area contributed by atoms with Gasteiger partial charge >= 0.3 is 11.7 Å². The van der Waals surface area contributed by atoms with Crippen LogP contribution in [0.3, 0.4) is 0 Å². The van der Waals surface area contributed by atoms with Crippen molar-refractivity contribution in [3.8, 4) is 34.3 Å². The number of nitrogens with zero attached hydrogens (tertiary/aromatic N) is 2. The molecule has 24 heteroatoms. The second kappa shape index (κ2) is 21.3. The molecule has 3 aromatic rings. The molecule has 2 aromatic carbocycles. The number of benzene rings is 3. The number of nitrogens with two attached hydrogens (primary N) is 2. The van der Waals surface area contributed by atoms with Gasteiger partial charge in [0.15, 0.2) is 11.3 Å². The zero-order valence-electron chi connectivity index (χ0n) is 35.4. The Bertz CT molecular complexity index is 3160. The number of carboxylic acid groups (broad SMARTS) is 1. The lowest BCUT2D eigenvalue weighted by Gasteiger charge is -2.22. The SMILES string of the molecule is C=CCOC1CC(n2cc(C#CCCC(=O)CCSSCCNC(=O)c3ccc(-c4c5ccc(=N)c(S(=O)(=O)[O-])c-5oc5c(S(=O)(=O)[O-])c(N)ccc45)c(C(=O)O)c3)c(N)nc2=O)OC1CC. The first-order valence-corrected chi connectivity index (χ1v) is 25.5. The average Bonchev–Trinajstić information content (AvgIpc) is 3.68. The number of aromatic nitrogens is 2. The molecular weight excluding hydrogens is 953 g/mol. The molecule has 0 saturated carbocycles. The van der Waals surface area contributed by atoms with Crippen LogP contribution in [0.1, 0.15) is 71.5 Å². The quantitative estimate of drug-likeness (QED) is 0.0148. The van der Waals surface area contributed by atoms with E-state index in [2.05, 4.69) is 28.7 Å². The number of ether oxygens (including phenoxy) is 2. The zero-order valence-corrected chi connectivity index (χ0v) is 38.7. The predicted molar refractivity (Wildman–Crippen MR) is 246 cm³/mol. The van der Waals surface area contributed by atoms with Crippen molar-refractivity contribution in [3.63, 3.8) is 0 Å². The minimum absolute atomic E-state index is 0.0251. The van der Waals surface area contributed by atoms with E-state index >= 15 is 0 Å². The van der Waals surface area contributed by atoms with Crippen LogP contribution < -0.4 is 27.8 Å². The third kappa shape index (κ3) is 11.6. The maximum Gasteiger partial charge on any atom is 0.351 e. The van der Waals surface area contributed by atoms with Crippen LogP contribution in [0.5, 0.6) is 0 Å². The number of carbonyl (C=O) groups excluding carboxylic acids is 2. The Morgan fingerprint density at radius 3 is 2.46 bits per heavy atom. The first kappa shape index (κ1) is 50.4.